The molecule has 6 heteroatoms. The largest absolute Gasteiger partial charge is 0.293 e. The van der Waals surface area contributed by atoms with Crippen molar-refractivity contribution in [3.63, 3.8) is 0 Å². The lowest BCUT2D eigenvalue weighted by molar-refractivity contribution is 0.101. The van der Waals surface area contributed by atoms with Gasteiger partial charge in [0, 0.05) is 5.56 Å². The Morgan fingerprint density at radius 3 is 2.57 bits per heavy atom. The highest BCUT2D eigenvalue weighted by Crippen LogP contribution is 2.05. The Bertz CT molecular complexity index is 452. The fraction of sp³-hybridized carbons (Fsp3) is 0.125. The minimum atomic E-state index is -4.36. The first kappa shape index (κ1) is 10.8. The van der Waals surface area contributed by atoms with Crippen LogP contribution >= 0.6 is 0 Å². The third-order valence-corrected chi connectivity index (χ3v) is 2.09. The summed E-state index contributed by atoms with van der Waals surface area (Å²) in [6.07, 6.45) is 0. The standard InChI is InChI=1S/C8H7FO4S/c9-7-3-1-2-6(4-7)8(10)5-14(11,12)13/h1-4H,5H2,(H,11,12,13). The Kier molecular flexibility index (Phi) is 2.97. The smallest absolute Gasteiger partial charge is 0.272 e. The number of rotatable bonds is 3. The van der Waals surface area contributed by atoms with Crippen molar-refractivity contribution in [3.05, 3.63) is 35.6 Å². The van der Waals surface area contributed by atoms with Crippen molar-refractivity contribution in [3.8, 4) is 0 Å². The average Bonchev–Trinajstić information content (AvgIpc) is 2.01. The van der Waals surface area contributed by atoms with Gasteiger partial charge in [0.25, 0.3) is 10.1 Å². The molecule has 0 aliphatic heterocycles. The van der Waals surface area contributed by atoms with Crippen molar-refractivity contribution >= 4 is 15.9 Å². The van der Waals surface area contributed by atoms with Gasteiger partial charge in [0.2, 0.25) is 0 Å². The maximum atomic E-state index is 12.6. The molecule has 0 heterocycles. The van der Waals surface area contributed by atoms with Crippen LogP contribution in [0.15, 0.2) is 24.3 Å². The van der Waals surface area contributed by atoms with E-state index < -0.39 is 27.5 Å². The van der Waals surface area contributed by atoms with E-state index in [1.165, 1.54) is 12.1 Å². The van der Waals surface area contributed by atoms with Crippen LogP contribution in [0.25, 0.3) is 0 Å². The maximum absolute atomic E-state index is 12.6. The summed E-state index contributed by atoms with van der Waals surface area (Å²) in [5.41, 5.74) is -0.0809. The van der Waals surface area contributed by atoms with Gasteiger partial charge in [-0.3, -0.25) is 9.35 Å². The van der Waals surface area contributed by atoms with Crippen molar-refractivity contribution in [2.75, 3.05) is 5.75 Å². The minimum Gasteiger partial charge on any atom is -0.293 e. The van der Waals surface area contributed by atoms with Gasteiger partial charge in [-0.05, 0) is 12.1 Å². The highest BCUT2D eigenvalue weighted by molar-refractivity contribution is 7.86. The molecule has 0 spiro atoms. The van der Waals surface area contributed by atoms with Gasteiger partial charge in [0.05, 0.1) is 0 Å². The zero-order valence-corrected chi connectivity index (χ0v) is 7.79. The molecule has 0 unspecified atom stereocenters. The molecule has 76 valence electrons. The maximum Gasteiger partial charge on any atom is 0.272 e. The Morgan fingerprint density at radius 1 is 1.43 bits per heavy atom. The van der Waals surface area contributed by atoms with Crippen LogP contribution in [0.5, 0.6) is 0 Å². The summed E-state index contributed by atoms with van der Waals surface area (Å²) in [7, 11) is -4.36. The minimum absolute atomic E-state index is 0.0809. The molecule has 0 amide bonds. The topological polar surface area (TPSA) is 71.4 Å². The van der Waals surface area contributed by atoms with Crippen LogP contribution in [-0.4, -0.2) is 24.5 Å². The Balaban J connectivity index is 2.91. The number of Topliss-reactive ketones (excluding diaryl/α,β-unsaturated/α-hetero) is 1. The molecule has 0 saturated carbocycles. The molecule has 1 aromatic carbocycles. The number of hydrogen-bond acceptors (Lipinski definition) is 3. The van der Waals surface area contributed by atoms with E-state index in [-0.39, 0.29) is 5.56 Å². The van der Waals surface area contributed by atoms with E-state index in [0.29, 0.717) is 0 Å². The number of hydrogen-bond donors (Lipinski definition) is 1. The third-order valence-electron chi connectivity index (χ3n) is 1.46. The molecule has 0 radical (unpaired) electrons. The number of halogens is 1. The van der Waals surface area contributed by atoms with E-state index in [4.69, 9.17) is 4.55 Å². The first-order chi connectivity index (χ1) is 6.38. The van der Waals surface area contributed by atoms with E-state index in [9.17, 15) is 17.6 Å². The summed E-state index contributed by atoms with van der Waals surface area (Å²) < 4.78 is 41.7. The normalized spacial score (nSPS) is 11.3. The van der Waals surface area contributed by atoms with Crippen LogP contribution in [0.4, 0.5) is 4.39 Å². The molecule has 1 aromatic rings. The number of ketones is 1. The lowest BCUT2D eigenvalue weighted by atomic mass is 10.1. The highest BCUT2D eigenvalue weighted by atomic mass is 32.2. The second kappa shape index (κ2) is 3.85. The summed E-state index contributed by atoms with van der Waals surface area (Å²) in [6.45, 7) is 0. The van der Waals surface area contributed by atoms with E-state index in [0.717, 1.165) is 12.1 Å². The first-order valence-electron chi connectivity index (χ1n) is 3.62. The van der Waals surface area contributed by atoms with Gasteiger partial charge in [-0.15, -0.1) is 0 Å². The Hall–Kier alpha value is -1.27. The van der Waals surface area contributed by atoms with Gasteiger partial charge in [0.15, 0.2) is 5.78 Å². The van der Waals surface area contributed by atoms with Crippen LogP contribution in [0.3, 0.4) is 0 Å². The van der Waals surface area contributed by atoms with Crippen LogP contribution in [-0.2, 0) is 10.1 Å². The second-order valence-electron chi connectivity index (χ2n) is 2.66. The molecule has 14 heavy (non-hydrogen) atoms. The molecule has 0 bridgehead atoms. The molecule has 0 aliphatic carbocycles. The van der Waals surface area contributed by atoms with E-state index in [2.05, 4.69) is 0 Å². The summed E-state index contributed by atoms with van der Waals surface area (Å²) in [5, 5.41) is 0. The lowest BCUT2D eigenvalue weighted by Crippen LogP contribution is -2.15. The second-order valence-corrected chi connectivity index (χ2v) is 4.11. The SMILES string of the molecule is O=C(CS(=O)(=O)O)c1cccc(F)c1. The molecule has 1 N–H and O–H groups in total. The molecular formula is C8H7FO4S. The number of benzene rings is 1. The summed E-state index contributed by atoms with van der Waals surface area (Å²) >= 11 is 0. The average molecular weight is 218 g/mol. The fourth-order valence-corrected chi connectivity index (χ4v) is 1.41. The van der Waals surface area contributed by atoms with Gasteiger partial charge < -0.3 is 0 Å². The van der Waals surface area contributed by atoms with Crippen LogP contribution in [0.2, 0.25) is 0 Å². The third kappa shape index (κ3) is 3.23. The number of carbonyl (C=O) groups excluding carboxylic acids is 1. The molecule has 4 nitrogen and oxygen atoms in total. The predicted molar refractivity (Wildman–Crippen MR) is 47.1 cm³/mol. The van der Waals surface area contributed by atoms with Gasteiger partial charge in [0.1, 0.15) is 11.6 Å². The Morgan fingerprint density at radius 2 is 2.07 bits per heavy atom. The molecule has 0 aliphatic rings. The first-order valence-corrected chi connectivity index (χ1v) is 5.23. The monoisotopic (exact) mass is 218 g/mol. The fourth-order valence-electron chi connectivity index (χ4n) is 0.911. The summed E-state index contributed by atoms with van der Waals surface area (Å²) in [4.78, 5) is 11.1. The van der Waals surface area contributed by atoms with Crippen molar-refractivity contribution < 1.29 is 22.2 Å². The zero-order chi connectivity index (χ0) is 10.8. The van der Waals surface area contributed by atoms with Crippen molar-refractivity contribution in [2.45, 2.75) is 0 Å². The van der Waals surface area contributed by atoms with E-state index >= 15 is 0 Å². The molecule has 0 saturated heterocycles. The van der Waals surface area contributed by atoms with Crippen molar-refractivity contribution in [1.82, 2.24) is 0 Å². The molecule has 0 atom stereocenters. The Labute approximate surface area is 80.1 Å². The van der Waals surface area contributed by atoms with Crippen LogP contribution in [0, 0.1) is 5.82 Å². The molecular weight excluding hydrogens is 211 g/mol. The summed E-state index contributed by atoms with van der Waals surface area (Å²) in [5.74, 6) is -2.51. The van der Waals surface area contributed by atoms with Gasteiger partial charge >= 0.3 is 0 Å². The predicted octanol–water partition coefficient (Wildman–Crippen LogP) is 0.896. The zero-order valence-electron chi connectivity index (χ0n) is 6.97. The van der Waals surface area contributed by atoms with Gasteiger partial charge in [-0.2, -0.15) is 8.42 Å². The quantitative estimate of drug-likeness (QED) is 0.604. The van der Waals surface area contributed by atoms with Crippen LogP contribution in [0.1, 0.15) is 10.4 Å². The molecule has 0 fully saturated rings. The number of carbonyl (C=O) groups is 1. The van der Waals surface area contributed by atoms with Crippen molar-refractivity contribution in [2.24, 2.45) is 0 Å². The highest BCUT2D eigenvalue weighted by Gasteiger charge is 2.14. The van der Waals surface area contributed by atoms with E-state index in [1.807, 2.05) is 0 Å². The lowest BCUT2D eigenvalue weighted by Gasteiger charge is -1.98. The van der Waals surface area contributed by atoms with Crippen molar-refractivity contribution in [1.29, 1.82) is 0 Å². The molecule has 0 aromatic heterocycles. The summed E-state index contributed by atoms with van der Waals surface area (Å²) in [6, 6.07) is 4.60. The van der Waals surface area contributed by atoms with Gasteiger partial charge in [-0.25, -0.2) is 4.39 Å². The van der Waals surface area contributed by atoms with E-state index in [1.54, 1.807) is 0 Å². The molecule has 1 rings (SSSR count). The van der Waals surface area contributed by atoms with Gasteiger partial charge in [-0.1, -0.05) is 12.1 Å². The van der Waals surface area contributed by atoms with Crippen LogP contribution < -0.4 is 0 Å².